The first-order valence-electron chi connectivity index (χ1n) is 8.79. The standard InChI is InChI=1S/C18H35NO/c1-17(2,3)15-7-9-16(10-8-15)19-13-18(14-20)11-5-4-6-12-18/h15-16,19-20H,4-14H2,1-3H3. The summed E-state index contributed by atoms with van der Waals surface area (Å²) in [7, 11) is 0. The second-order valence-electron chi connectivity index (χ2n) is 8.51. The van der Waals surface area contributed by atoms with E-state index in [0.717, 1.165) is 12.5 Å². The van der Waals surface area contributed by atoms with Crippen molar-refractivity contribution in [2.45, 2.75) is 84.6 Å². The van der Waals surface area contributed by atoms with Gasteiger partial charge in [-0.15, -0.1) is 0 Å². The Labute approximate surface area is 125 Å². The Morgan fingerprint density at radius 1 is 1.00 bits per heavy atom. The van der Waals surface area contributed by atoms with Crippen LogP contribution in [0.4, 0.5) is 0 Å². The molecule has 2 N–H and O–H groups in total. The van der Waals surface area contributed by atoms with Gasteiger partial charge >= 0.3 is 0 Å². The van der Waals surface area contributed by atoms with Crippen molar-refractivity contribution in [2.24, 2.45) is 16.7 Å². The maximum absolute atomic E-state index is 9.78. The molecule has 0 aromatic rings. The summed E-state index contributed by atoms with van der Waals surface area (Å²) in [5.74, 6) is 0.891. The van der Waals surface area contributed by atoms with Gasteiger partial charge < -0.3 is 10.4 Å². The van der Waals surface area contributed by atoms with Gasteiger partial charge in [-0.3, -0.25) is 0 Å². The zero-order valence-electron chi connectivity index (χ0n) is 13.9. The maximum atomic E-state index is 9.78. The van der Waals surface area contributed by atoms with Crippen LogP contribution in [0.5, 0.6) is 0 Å². The highest BCUT2D eigenvalue weighted by Crippen LogP contribution is 2.39. The first kappa shape index (κ1) is 16.3. The lowest BCUT2D eigenvalue weighted by molar-refractivity contribution is 0.0730. The second kappa shape index (κ2) is 6.79. The van der Waals surface area contributed by atoms with Crippen molar-refractivity contribution in [1.82, 2.24) is 5.32 Å². The molecule has 20 heavy (non-hydrogen) atoms. The highest BCUT2D eigenvalue weighted by Gasteiger charge is 2.33. The van der Waals surface area contributed by atoms with E-state index in [4.69, 9.17) is 0 Å². The van der Waals surface area contributed by atoms with Crippen LogP contribution in [-0.4, -0.2) is 24.3 Å². The summed E-state index contributed by atoms with van der Waals surface area (Å²) in [4.78, 5) is 0. The number of aliphatic hydroxyl groups is 1. The molecule has 2 heteroatoms. The van der Waals surface area contributed by atoms with Crippen LogP contribution >= 0.6 is 0 Å². The Morgan fingerprint density at radius 2 is 1.60 bits per heavy atom. The lowest BCUT2D eigenvalue weighted by Crippen LogP contribution is -2.44. The molecule has 0 spiro atoms. The molecule has 118 valence electrons. The first-order valence-corrected chi connectivity index (χ1v) is 8.79. The molecule has 0 unspecified atom stereocenters. The van der Waals surface area contributed by atoms with Crippen molar-refractivity contribution in [3.05, 3.63) is 0 Å². The molecule has 2 aliphatic carbocycles. The molecule has 2 rings (SSSR count). The summed E-state index contributed by atoms with van der Waals surface area (Å²) in [6.45, 7) is 8.56. The quantitative estimate of drug-likeness (QED) is 0.812. The largest absolute Gasteiger partial charge is 0.396 e. The van der Waals surface area contributed by atoms with Crippen LogP contribution in [0.15, 0.2) is 0 Å². The van der Waals surface area contributed by atoms with Crippen molar-refractivity contribution in [2.75, 3.05) is 13.2 Å². The van der Waals surface area contributed by atoms with Crippen LogP contribution in [-0.2, 0) is 0 Å². The zero-order valence-corrected chi connectivity index (χ0v) is 13.9. The zero-order chi connectivity index (χ0) is 14.6. The van der Waals surface area contributed by atoms with Gasteiger partial charge in [-0.05, 0) is 49.9 Å². The van der Waals surface area contributed by atoms with Crippen LogP contribution in [0.2, 0.25) is 0 Å². The lowest BCUT2D eigenvalue weighted by Gasteiger charge is -2.40. The summed E-state index contributed by atoms with van der Waals surface area (Å²) >= 11 is 0. The third-order valence-electron chi connectivity index (χ3n) is 5.97. The molecule has 2 nitrogen and oxygen atoms in total. The highest BCUT2D eigenvalue weighted by atomic mass is 16.3. The Kier molecular flexibility index (Phi) is 5.53. The predicted molar refractivity (Wildman–Crippen MR) is 85.8 cm³/mol. The molecule has 0 radical (unpaired) electrons. The molecule has 0 atom stereocenters. The van der Waals surface area contributed by atoms with Crippen molar-refractivity contribution >= 4 is 0 Å². The molecule has 2 fully saturated rings. The topological polar surface area (TPSA) is 32.3 Å². The first-order chi connectivity index (χ1) is 9.45. The van der Waals surface area contributed by atoms with Gasteiger partial charge in [0.25, 0.3) is 0 Å². The van der Waals surface area contributed by atoms with E-state index in [-0.39, 0.29) is 5.41 Å². The SMILES string of the molecule is CC(C)(C)C1CCC(NCC2(CO)CCCCC2)CC1. The van der Waals surface area contributed by atoms with Crippen molar-refractivity contribution in [3.8, 4) is 0 Å². The monoisotopic (exact) mass is 281 g/mol. The van der Waals surface area contributed by atoms with Gasteiger partial charge in [-0.25, -0.2) is 0 Å². The Hall–Kier alpha value is -0.0800. The average Bonchev–Trinajstić information content (AvgIpc) is 2.46. The molecule has 0 aliphatic heterocycles. The van der Waals surface area contributed by atoms with Crippen LogP contribution in [0.25, 0.3) is 0 Å². The molecule has 0 saturated heterocycles. The molecule has 0 bridgehead atoms. The Balaban J connectivity index is 1.75. The predicted octanol–water partition coefficient (Wildman–Crippen LogP) is 4.12. The third kappa shape index (κ3) is 4.21. The highest BCUT2D eigenvalue weighted by molar-refractivity contribution is 4.88. The summed E-state index contributed by atoms with van der Waals surface area (Å²) in [6, 6.07) is 0.693. The van der Waals surface area contributed by atoms with E-state index >= 15 is 0 Å². The minimum Gasteiger partial charge on any atom is -0.396 e. The molecule has 0 aromatic heterocycles. The molecular weight excluding hydrogens is 246 g/mol. The van der Waals surface area contributed by atoms with Crippen LogP contribution in [0.3, 0.4) is 0 Å². The summed E-state index contributed by atoms with van der Waals surface area (Å²) in [6.07, 6.45) is 11.8. The van der Waals surface area contributed by atoms with E-state index in [1.807, 2.05) is 0 Å². The summed E-state index contributed by atoms with van der Waals surface area (Å²) in [5.41, 5.74) is 0.666. The van der Waals surface area contributed by atoms with Gasteiger partial charge in [0, 0.05) is 24.6 Å². The van der Waals surface area contributed by atoms with E-state index < -0.39 is 0 Å². The van der Waals surface area contributed by atoms with E-state index in [1.54, 1.807) is 0 Å². The smallest absolute Gasteiger partial charge is 0.0499 e. The fourth-order valence-electron chi connectivity index (χ4n) is 4.22. The molecule has 0 heterocycles. The van der Waals surface area contributed by atoms with E-state index in [1.165, 1.54) is 57.8 Å². The van der Waals surface area contributed by atoms with Gasteiger partial charge in [-0.1, -0.05) is 40.0 Å². The number of nitrogens with one attached hydrogen (secondary N) is 1. The van der Waals surface area contributed by atoms with Crippen LogP contribution < -0.4 is 5.32 Å². The van der Waals surface area contributed by atoms with Crippen molar-refractivity contribution in [1.29, 1.82) is 0 Å². The van der Waals surface area contributed by atoms with Crippen molar-refractivity contribution < 1.29 is 5.11 Å². The number of rotatable bonds is 4. The van der Waals surface area contributed by atoms with Crippen LogP contribution in [0, 0.1) is 16.7 Å². The minimum atomic E-state index is 0.194. The average molecular weight is 281 g/mol. The second-order valence-corrected chi connectivity index (χ2v) is 8.51. The van der Waals surface area contributed by atoms with E-state index in [9.17, 15) is 5.11 Å². The third-order valence-corrected chi connectivity index (χ3v) is 5.97. The van der Waals surface area contributed by atoms with Gasteiger partial charge in [-0.2, -0.15) is 0 Å². The number of hydrogen-bond donors (Lipinski definition) is 2. The molecular formula is C18H35NO. The maximum Gasteiger partial charge on any atom is 0.0499 e. The van der Waals surface area contributed by atoms with Gasteiger partial charge in [0.15, 0.2) is 0 Å². The van der Waals surface area contributed by atoms with Gasteiger partial charge in [0.1, 0.15) is 0 Å². The Morgan fingerprint density at radius 3 is 2.10 bits per heavy atom. The van der Waals surface area contributed by atoms with Crippen LogP contribution in [0.1, 0.15) is 78.6 Å². The lowest BCUT2D eigenvalue weighted by atomic mass is 9.71. The van der Waals surface area contributed by atoms with E-state index in [0.29, 0.717) is 18.1 Å². The molecule has 0 aromatic carbocycles. The molecule has 2 saturated carbocycles. The molecule has 2 aliphatic rings. The summed E-state index contributed by atoms with van der Waals surface area (Å²) < 4.78 is 0. The number of hydrogen-bond acceptors (Lipinski definition) is 2. The summed E-state index contributed by atoms with van der Waals surface area (Å²) in [5, 5.41) is 13.6. The van der Waals surface area contributed by atoms with E-state index in [2.05, 4.69) is 26.1 Å². The normalized spacial score (nSPS) is 31.2. The number of aliphatic hydroxyl groups excluding tert-OH is 1. The molecule has 0 amide bonds. The fourth-order valence-corrected chi connectivity index (χ4v) is 4.22. The minimum absolute atomic E-state index is 0.194. The Bertz CT molecular complexity index is 280. The van der Waals surface area contributed by atoms with Crippen molar-refractivity contribution in [3.63, 3.8) is 0 Å². The van der Waals surface area contributed by atoms with Gasteiger partial charge in [0.05, 0.1) is 0 Å². The fraction of sp³-hybridized carbons (Fsp3) is 1.00. The van der Waals surface area contributed by atoms with Gasteiger partial charge in [0.2, 0.25) is 0 Å².